The smallest absolute Gasteiger partial charge is 0.400 e. The molecule has 1 fully saturated rings. The van der Waals surface area contributed by atoms with E-state index >= 15 is 0 Å². The van der Waals surface area contributed by atoms with Crippen LogP contribution in [0.3, 0.4) is 0 Å². The Morgan fingerprint density at radius 1 is 1.32 bits per heavy atom. The molecule has 7 heteroatoms. The zero-order chi connectivity index (χ0) is 18.8. The maximum Gasteiger partial charge on any atom is 0.491 e. The van der Waals surface area contributed by atoms with E-state index in [1.807, 2.05) is 33.8 Å². The standard InChI is InChI=1S/C18H21BFNO3S/c1-12(22)25-11-15(19-23-17(2,3)18(4,5)24-19)8-13-6-7-16(20)9-14(13)10-21/h6-9H,11H2,1-5H3. The highest BCUT2D eigenvalue weighted by atomic mass is 32.2. The lowest BCUT2D eigenvalue weighted by Crippen LogP contribution is -2.41. The predicted molar refractivity (Wildman–Crippen MR) is 98.3 cm³/mol. The van der Waals surface area contributed by atoms with Crippen molar-refractivity contribution in [1.29, 1.82) is 5.26 Å². The number of nitrogens with zero attached hydrogens (tertiary/aromatic N) is 1. The first-order valence-electron chi connectivity index (χ1n) is 7.95. The van der Waals surface area contributed by atoms with E-state index in [1.165, 1.54) is 25.1 Å². The van der Waals surface area contributed by atoms with Gasteiger partial charge < -0.3 is 9.31 Å². The van der Waals surface area contributed by atoms with Crippen molar-refractivity contribution in [3.05, 3.63) is 40.6 Å². The molecule has 0 unspecified atom stereocenters. The van der Waals surface area contributed by atoms with Crippen molar-refractivity contribution in [2.45, 2.75) is 45.8 Å². The Labute approximate surface area is 152 Å². The van der Waals surface area contributed by atoms with Crippen LogP contribution in [-0.2, 0) is 14.1 Å². The summed E-state index contributed by atoms with van der Waals surface area (Å²) in [7, 11) is -0.631. The molecular formula is C18H21BFNO3S. The van der Waals surface area contributed by atoms with Gasteiger partial charge in [-0.15, -0.1) is 0 Å². The Balaban J connectivity index is 2.41. The maximum atomic E-state index is 13.4. The van der Waals surface area contributed by atoms with Crippen molar-refractivity contribution in [2.24, 2.45) is 0 Å². The van der Waals surface area contributed by atoms with Crippen LogP contribution in [0.5, 0.6) is 0 Å². The van der Waals surface area contributed by atoms with Crippen LogP contribution in [-0.4, -0.2) is 29.2 Å². The number of halogens is 1. The molecule has 0 aromatic heterocycles. The molecular weight excluding hydrogens is 340 g/mol. The van der Waals surface area contributed by atoms with Gasteiger partial charge in [0.05, 0.1) is 22.8 Å². The largest absolute Gasteiger partial charge is 0.491 e. The second-order valence-electron chi connectivity index (χ2n) is 6.93. The lowest BCUT2D eigenvalue weighted by atomic mass is 9.78. The van der Waals surface area contributed by atoms with Crippen LogP contribution < -0.4 is 0 Å². The quantitative estimate of drug-likeness (QED) is 0.759. The van der Waals surface area contributed by atoms with Gasteiger partial charge in [0.2, 0.25) is 0 Å². The second kappa shape index (κ2) is 7.32. The molecule has 1 aromatic carbocycles. The molecule has 1 aliphatic rings. The summed E-state index contributed by atoms with van der Waals surface area (Å²) >= 11 is 1.14. The van der Waals surface area contributed by atoms with Gasteiger partial charge in [0.15, 0.2) is 5.12 Å². The number of carbonyl (C=O) groups excluding carboxylic acids is 1. The van der Waals surface area contributed by atoms with Crippen molar-refractivity contribution >= 4 is 30.1 Å². The predicted octanol–water partition coefficient (Wildman–Crippen LogP) is 3.99. The number of rotatable bonds is 4. The van der Waals surface area contributed by atoms with E-state index in [0.717, 1.165) is 17.2 Å². The van der Waals surface area contributed by atoms with Crippen molar-refractivity contribution in [3.8, 4) is 6.07 Å². The van der Waals surface area contributed by atoms with E-state index in [2.05, 4.69) is 0 Å². The Bertz CT molecular complexity index is 739. The van der Waals surface area contributed by atoms with Gasteiger partial charge in [-0.25, -0.2) is 4.39 Å². The van der Waals surface area contributed by atoms with Crippen LogP contribution in [0.2, 0.25) is 0 Å². The molecule has 0 aliphatic carbocycles. The van der Waals surface area contributed by atoms with Crippen LogP contribution in [0.25, 0.3) is 6.08 Å². The fourth-order valence-corrected chi connectivity index (χ4v) is 2.90. The van der Waals surface area contributed by atoms with Gasteiger partial charge in [-0.05, 0) is 50.9 Å². The van der Waals surface area contributed by atoms with Crippen molar-refractivity contribution in [1.82, 2.24) is 0 Å². The summed E-state index contributed by atoms with van der Waals surface area (Å²) in [5.41, 5.74) is 0.485. The van der Waals surface area contributed by atoms with Crippen LogP contribution >= 0.6 is 11.8 Å². The van der Waals surface area contributed by atoms with Gasteiger partial charge in [-0.1, -0.05) is 23.9 Å². The average molecular weight is 361 g/mol. The Morgan fingerprint density at radius 3 is 2.44 bits per heavy atom. The first-order valence-corrected chi connectivity index (χ1v) is 8.93. The topological polar surface area (TPSA) is 59.3 Å². The summed E-state index contributed by atoms with van der Waals surface area (Å²) in [6.45, 7) is 9.27. The van der Waals surface area contributed by atoms with Gasteiger partial charge in [0.1, 0.15) is 5.82 Å². The molecule has 0 N–H and O–H groups in total. The average Bonchev–Trinajstić information content (AvgIpc) is 2.72. The van der Waals surface area contributed by atoms with E-state index in [-0.39, 0.29) is 10.7 Å². The first kappa shape index (κ1) is 19.7. The summed E-state index contributed by atoms with van der Waals surface area (Å²) in [4.78, 5) is 11.4. The Kier molecular flexibility index (Phi) is 5.77. The molecule has 2 rings (SSSR count). The Morgan fingerprint density at radius 2 is 1.92 bits per heavy atom. The minimum absolute atomic E-state index is 0.0259. The lowest BCUT2D eigenvalue weighted by molar-refractivity contribution is -0.109. The van der Waals surface area contributed by atoms with Gasteiger partial charge in [0.25, 0.3) is 0 Å². The third-order valence-corrected chi connectivity index (χ3v) is 5.36. The number of hydrogen-bond acceptors (Lipinski definition) is 5. The third-order valence-electron chi connectivity index (χ3n) is 4.47. The van der Waals surface area contributed by atoms with Gasteiger partial charge in [0, 0.05) is 12.7 Å². The van der Waals surface area contributed by atoms with E-state index in [9.17, 15) is 14.4 Å². The van der Waals surface area contributed by atoms with Crippen molar-refractivity contribution < 1.29 is 18.5 Å². The zero-order valence-electron chi connectivity index (χ0n) is 15.1. The molecule has 0 amide bonds. The molecule has 0 saturated carbocycles. The SMILES string of the molecule is CC(=O)SCC(=Cc1ccc(F)cc1C#N)B1OC(C)(C)C(C)(C)O1. The molecule has 132 valence electrons. The Hall–Kier alpha value is -1.62. The maximum absolute atomic E-state index is 13.4. The third kappa shape index (κ3) is 4.52. The molecule has 1 aliphatic heterocycles. The number of benzene rings is 1. The normalized spacial score (nSPS) is 18.9. The van der Waals surface area contributed by atoms with Crippen LogP contribution in [0.15, 0.2) is 23.7 Å². The highest BCUT2D eigenvalue weighted by Crippen LogP contribution is 2.39. The molecule has 25 heavy (non-hydrogen) atoms. The summed E-state index contributed by atoms with van der Waals surface area (Å²) in [5, 5.41) is 9.21. The highest BCUT2D eigenvalue weighted by Gasteiger charge is 2.52. The summed E-state index contributed by atoms with van der Waals surface area (Å²) in [6, 6.07) is 6.01. The van der Waals surface area contributed by atoms with E-state index in [1.54, 1.807) is 6.08 Å². The molecule has 1 saturated heterocycles. The fraction of sp³-hybridized carbons (Fsp3) is 0.444. The summed E-state index contributed by atoms with van der Waals surface area (Å²) in [5.74, 6) is -0.0991. The fourth-order valence-electron chi connectivity index (χ4n) is 2.31. The molecule has 0 bridgehead atoms. The minimum Gasteiger partial charge on any atom is -0.400 e. The van der Waals surface area contributed by atoms with E-state index < -0.39 is 24.1 Å². The zero-order valence-corrected chi connectivity index (χ0v) is 15.9. The first-order chi connectivity index (χ1) is 11.6. The minimum atomic E-state index is -0.631. The van der Waals surface area contributed by atoms with Crippen molar-refractivity contribution in [3.63, 3.8) is 0 Å². The van der Waals surface area contributed by atoms with E-state index in [4.69, 9.17) is 9.31 Å². The number of hydrogen-bond donors (Lipinski definition) is 0. The van der Waals surface area contributed by atoms with Gasteiger partial charge >= 0.3 is 7.12 Å². The van der Waals surface area contributed by atoms with E-state index in [0.29, 0.717) is 11.3 Å². The summed E-state index contributed by atoms with van der Waals surface area (Å²) < 4.78 is 25.5. The molecule has 0 spiro atoms. The number of carbonyl (C=O) groups is 1. The van der Waals surface area contributed by atoms with Crippen LogP contribution in [0.1, 0.15) is 45.7 Å². The number of thioether (sulfide) groups is 1. The van der Waals surface area contributed by atoms with Crippen molar-refractivity contribution in [2.75, 3.05) is 5.75 Å². The molecule has 0 atom stereocenters. The van der Waals surface area contributed by atoms with Crippen LogP contribution in [0, 0.1) is 17.1 Å². The summed E-state index contributed by atoms with van der Waals surface area (Å²) in [6.07, 6.45) is 1.75. The monoisotopic (exact) mass is 361 g/mol. The van der Waals surface area contributed by atoms with Gasteiger partial charge in [-0.3, -0.25) is 4.79 Å². The molecule has 4 nitrogen and oxygen atoms in total. The number of nitriles is 1. The van der Waals surface area contributed by atoms with Crippen LogP contribution in [0.4, 0.5) is 4.39 Å². The molecule has 0 radical (unpaired) electrons. The lowest BCUT2D eigenvalue weighted by Gasteiger charge is -2.32. The van der Waals surface area contributed by atoms with Gasteiger partial charge in [-0.2, -0.15) is 5.26 Å². The highest BCUT2D eigenvalue weighted by molar-refractivity contribution is 8.13. The second-order valence-corrected chi connectivity index (χ2v) is 8.08. The molecule has 1 heterocycles. The molecule has 1 aromatic rings.